The van der Waals surface area contributed by atoms with Crippen molar-refractivity contribution in [2.75, 3.05) is 26.4 Å². The van der Waals surface area contributed by atoms with Gasteiger partial charge in [0.1, 0.15) is 0 Å². The summed E-state index contributed by atoms with van der Waals surface area (Å²) in [5, 5.41) is 6.57. The van der Waals surface area contributed by atoms with Crippen LogP contribution in [0, 0.1) is 11.8 Å². The molecule has 0 aliphatic heterocycles. The van der Waals surface area contributed by atoms with Gasteiger partial charge >= 0.3 is 0 Å². The van der Waals surface area contributed by atoms with E-state index in [0.29, 0.717) is 25.0 Å². The van der Waals surface area contributed by atoms with Gasteiger partial charge in [0, 0.05) is 26.2 Å². The van der Waals surface area contributed by atoms with Gasteiger partial charge in [-0.1, -0.05) is 39.0 Å². The molecule has 138 valence electrons. The second-order valence-electron chi connectivity index (χ2n) is 6.36. The molecule has 0 saturated heterocycles. The molecule has 0 radical (unpaired) electrons. The molecule has 0 spiro atoms. The van der Waals surface area contributed by atoms with Gasteiger partial charge in [-0.3, -0.25) is 4.99 Å². The Hall–Kier alpha value is -0.0900. The van der Waals surface area contributed by atoms with E-state index in [-0.39, 0.29) is 24.0 Å². The van der Waals surface area contributed by atoms with Crippen LogP contribution < -0.4 is 15.4 Å². The molecule has 1 saturated carbocycles. The zero-order valence-corrected chi connectivity index (χ0v) is 17.9. The molecule has 0 aromatic rings. The van der Waals surface area contributed by atoms with Crippen LogP contribution in [0.2, 0.25) is 0 Å². The molecule has 2 unspecified atom stereocenters. The lowest BCUT2D eigenvalue weighted by atomic mass is 9.78. The first-order chi connectivity index (χ1) is 10.3. The minimum Gasteiger partial charge on any atom is -0.355 e. The van der Waals surface area contributed by atoms with Crippen LogP contribution in [-0.2, 0) is 10.0 Å². The highest BCUT2D eigenvalue weighted by atomic mass is 127. The summed E-state index contributed by atoms with van der Waals surface area (Å²) in [4.78, 5) is 4.21. The SMILES string of the molecule is CN=C(NCCNS(C)(=O)=O)NC(C)C(C)C1CCCCC1.I. The lowest BCUT2D eigenvalue weighted by Crippen LogP contribution is -2.47. The number of nitrogens with one attached hydrogen (secondary N) is 3. The summed E-state index contributed by atoms with van der Waals surface area (Å²) >= 11 is 0. The van der Waals surface area contributed by atoms with Crippen LogP contribution >= 0.6 is 24.0 Å². The molecule has 0 heterocycles. The molecule has 23 heavy (non-hydrogen) atoms. The summed E-state index contributed by atoms with van der Waals surface area (Å²) in [6.45, 7) is 5.37. The standard InChI is InChI=1S/C15H32N4O2S.HI/c1-12(14-8-6-5-7-9-14)13(2)19-15(16-3)17-10-11-18-22(4,20)21;/h12-14,18H,5-11H2,1-4H3,(H2,16,17,19);1H. The Bertz CT molecular complexity index is 450. The van der Waals surface area contributed by atoms with E-state index in [2.05, 4.69) is 34.2 Å². The van der Waals surface area contributed by atoms with E-state index >= 15 is 0 Å². The molecule has 0 amide bonds. The van der Waals surface area contributed by atoms with Crippen molar-refractivity contribution in [3.8, 4) is 0 Å². The fourth-order valence-electron chi connectivity index (χ4n) is 3.03. The molecule has 0 aromatic heterocycles. The summed E-state index contributed by atoms with van der Waals surface area (Å²) < 4.78 is 24.5. The third-order valence-corrected chi connectivity index (χ3v) is 5.28. The zero-order valence-electron chi connectivity index (χ0n) is 14.8. The van der Waals surface area contributed by atoms with Gasteiger partial charge in [0.15, 0.2) is 5.96 Å². The van der Waals surface area contributed by atoms with Crippen molar-refractivity contribution < 1.29 is 8.42 Å². The van der Waals surface area contributed by atoms with Crippen molar-refractivity contribution in [3.05, 3.63) is 0 Å². The Morgan fingerprint density at radius 1 is 1.17 bits per heavy atom. The molecule has 0 bridgehead atoms. The highest BCUT2D eigenvalue weighted by Crippen LogP contribution is 2.31. The number of aliphatic imine (C=N–C) groups is 1. The van der Waals surface area contributed by atoms with E-state index in [9.17, 15) is 8.42 Å². The van der Waals surface area contributed by atoms with Gasteiger partial charge in [-0.05, 0) is 18.8 Å². The summed E-state index contributed by atoms with van der Waals surface area (Å²) in [7, 11) is -1.40. The van der Waals surface area contributed by atoms with E-state index in [1.54, 1.807) is 7.05 Å². The number of hydrogen-bond donors (Lipinski definition) is 3. The average Bonchev–Trinajstić information content (AvgIpc) is 2.49. The van der Waals surface area contributed by atoms with Crippen molar-refractivity contribution in [1.29, 1.82) is 0 Å². The predicted octanol–water partition coefficient (Wildman–Crippen LogP) is 1.92. The first kappa shape index (κ1) is 22.9. The normalized spacial score (nSPS) is 19.6. The molecule has 6 nitrogen and oxygen atoms in total. The summed E-state index contributed by atoms with van der Waals surface area (Å²) in [5.41, 5.74) is 0. The summed E-state index contributed by atoms with van der Waals surface area (Å²) in [5.74, 6) is 2.12. The first-order valence-electron chi connectivity index (χ1n) is 8.25. The first-order valence-corrected chi connectivity index (χ1v) is 10.1. The highest BCUT2D eigenvalue weighted by molar-refractivity contribution is 14.0. The quantitative estimate of drug-likeness (QED) is 0.235. The largest absolute Gasteiger partial charge is 0.355 e. The fourth-order valence-corrected chi connectivity index (χ4v) is 3.50. The summed E-state index contributed by atoms with van der Waals surface area (Å²) in [6.07, 6.45) is 7.91. The molecule has 8 heteroatoms. The smallest absolute Gasteiger partial charge is 0.208 e. The topological polar surface area (TPSA) is 82.6 Å². The molecular formula is C15H33IN4O2S. The van der Waals surface area contributed by atoms with Gasteiger partial charge in [-0.2, -0.15) is 0 Å². The van der Waals surface area contributed by atoms with E-state index in [1.807, 2.05) is 0 Å². The minimum atomic E-state index is -3.13. The Morgan fingerprint density at radius 2 is 1.78 bits per heavy atom. The Balaban J connectivity index is 0.00000484. The van der Waals surface area contributed by atoms with Crippen LogP contribution in [0.1, 0.15) is 46.0 Å². The Morgan fingerprint density at radius 3 is 2.30 bits per heavy atom. The number of rotatable bonds is 7. The molecule has 1 fully saturated rings. The van der Waals surface area contributed by atoms with Gasteiger partial charge in [-0.25, -0.2) is 13.1 Å². The molecule has 0 aromatic carbocycles. The Kier molecular flexibility index (Phi) is 11.4. The third-order valence-electron chi connectivity index (χ3n) is 4.55. The van der Waals surface area contributed by atoms with Crippen molar-refractivity contribution in [2.24, 2.45) is 16.8 Å². The van der Waals surface area contributed by atoms with Crippen LogP contribution in [0.15, 0.2) is 4.99 Å². The lowest BCUT2D eigenvalue weighted by molar-refractivity contribution is 0.229. The third kappa shape index (κ3) is 9.71. The van der Waals surface area contributed by atoms with Gasteiger partial charge in [0.2, 0.25) is 10.0 Å². The van der Waals surface area contributed by atoms with Gasteiger partial charge < -0.3 is 10.6 Å². The molecule has 1 aliphatic rings. The fraction of sp³-hybridized carbons (Fsp3) is 0.933. The van der Waals surface area contributed by atoms with Crippen LogP contribution in [0.3, 0.4) is 0 Å². The number of halogens is 1. The molecule has 1 aliphatic carbocycles. The average molecular weight is 460 g/mol. The van der Waals surface area contributed by atoms with Crippen LogP contribution in [-0.4, -0.2) is 46.8 Å². The molecule has 2 atom stereocenters. The highest BCUT2D eigenvalue weighted by Gasteiger charge is 2.24. The van der Waals surface area contributed by atoms with Gasteiger partial charge in [0.05, 0.1) is 6.26 Å². The Labute approximate surface area is 158 Å². The van der Waals surface area contributed by atoms with Crippen molar-refractivity contribution in [1.82, 2.24) is 15.4 Å². The number of sulfonamides is 1. The lowest BCUT2D eigenvalue weighted by Gasteiger charge is -2.32. The maximum absolute atomic E-state index is 11.0. The molecular weight excluding hydrogens is 427 g/mol. The molecule has 3 N–H and O–H groups in total. The zero-order chi connectivity index (χ0) is 16.6. The maximum atomic E-state index is 11.0. The van der Waals surface area contributed by atoms with E-state index in [4.69, 9.17) is 0 Å². The van der Waals surface area contributed by atoms with E-state index in [1.165, 1.54) is 32.1 Å². The number of guanidine groups is 1. The monoisotopic (exact) mass is 460 g/mol. The van der Waals surface area contributed by atoms with Gasteiger partial charge in [0.25, 0.3) is 0 Å². The van der Waals surface area contributed by atoms with E-state index < -0.39 is 10.0 Å². The van der Waals surface area contributed by atoms with Crippen molar-refractivity contribution in [2.45, 2.75) is 52.0 Å². The second-order valence-corrected chi connectivity index (χ2v) is 8.19. The molecule has 1 rings (SSSR count). The van der Waals surface area contributed by atoms with Gasteiger partial charge in [-0.15, -0.1) is 24.0 Å². The second kappa shape index (κ2) is 11.5. The van der Waals surface area contributed by atoms with Crippen molar-refractivity contribution in [3.63, 3.8) is 0 Å². The van der Waals surface area contributed by atoms with Crippen LogP contribution in [0.4, 0.5) is 0 Å². The van der Waals surface area contributed by atoms with E-state index in [0.717, 1.165) is 18.1 Å². The minimum absolute atomic E-state index is 0. The maximum Gasteiger partial charge on any atom is 0.208 e. The predicted molar refractivity (Wildman–Crippen MR) is 108 cm³/mol. The summed E-state index contributed by atoms with van der Waals surface area (Å²) in [6, 6.07) is 0.345. The van der Waals surface area contributed by atoms with Crippen LogP contribution in [0.25, 0.3) is 0 Å². The van der Waals surface area contributed by atoms with Crippen LogP contribution in [0.5, 0.6) is 0 Å². The number of nitrogens with zero attached hydrogens (tertiary/aromatic N) is 1. The number of hydrogen-bond acceptors (Lipinski definition) is 3. The van der Waals surface area contributed by atoms with Crippen molar-refractivity contribution >= 4 is 40.0 Å².